The molecule has 0 bridgehead atoms. The molecule has 3 atom stereocenters. The van der Waals surface area contributed by atoms with Crippen LogP contribution in [0.15, 0.2) is 42.5 Å². The molecule has 3 rings (SSSR count). The second kappa shape index (κ2) is 7.79. The van der Waals surface area contributed by atoms with Crippen LogP contribution < -0.4 is 0 Å². The van der Waals surface area contributed by atoms with Gasteiger partial charge in [0, 0.05) is 24.8 Å². The lowest BCUT2D eigenvalue weighted by molar-refractivity contribution is -0.113. The van der Waals surface area contributed by atoms with E-state index in [1.165, 1.54) is 6.07 Å². The average Bonchev–Trinajstić information content (AvgIpc) is 2.63. The Morgan fingerprint density at radius 3 is 2.60 bits per heavy atom. The molecule has 0 aromatic heterocycles. The van der Waals surface area contributed by atoms with Crippen molar-refractivity contribution in [1.82, 2.24) is 0 Å². The Kier molecular flexibility index (Phi) is 5.50. The number of aliphatic hydroxyl groups is 2. The average molecular weight is 340 g/mol. The number of aliphatic hydroxyl groups excluding tert-OH is 2. The summed E-state index contributed by atoms with van der Waals surface area (Å²) in [4.78, 5) is 0. The maximum Gasteiger partial charge on any atom is 0.126 e. The molecule has 0 radical (unpaired) electrons. The smallest absolute Gasteiger partial charge is 0.126 e. The van der Waals surface area contributed by atoms with E-state index in [2.05, 4.69) is 5.92 Å². The molecule has 25 heavy (non-hydrogen) atoms. The van der Waals surface area contributed by atoms with Crippen LogP contribution in [0.5, 0.6) is 0 Å². The van der Waals surface area contributed by atoms with Gasteiger partial charge in [-0.15, -0.1) is 6.42 Å². The number of ether oxygens (including phenoxy) is 1. The fourth-order valence-corrected chi connectivity index (χ4v) is 3.19. The highest BCUT2D eigenvalue weighted by Gasteiger charge is 2.29. The third-order valence-electron chi connectivity index (χ3n) is 4.54. The SMILES string of the molecule is C#Cc1ccc(Cc2cc([C@H]3CC(O)C[C@@H](CO)O3)ccc2F)cc1. The van der Waals surface area contributed by atoms with Crippen molar-refractivity contribution in [3.63, 3.8) is 0 Å². The summed E-state index contributed by atoms with van der Waals surface area (Å²) in [5.41, 5.74) is 3.13. The van der Waals surface area contributed by atoms with E-state index in [0.29, 0.717) is 24.8 Å². The number of halogens is 1. The number of benzene rings is 2. The summed E-state index contributed by atoms with van der Waals surface area (Å²) < 4.78 is 20.0. The van der Waals surface area contributed by atoms with E-state index in [-0.39, 0.29) is 18.5 Å². The third kappa shape index (κ3) is 4.26. The van der Waals surface area contributed by atoms with Crippen molar-refractivity contribution < 1.29 is 19.3 Å². The molecule has 0 aliphatic carbocycles. The Morgan fingerprint density at radius 2 is 1.92 bits per heavy atom. The van der Waals surface area contributed by atoms with E-state index >= 15 is 0 Å². The van der Waals surface area contributed by atoms with Gasteiger partial charge >= 0.3 is 0 Å². The van der Waals surface area contributed by atoms with Crippen LogP contribution in [0.4, 0.5) is 4.39 Å². The normalized spacial score (nSPS) is 23.2. The van der Waals surface area contributed by atoms with E-state index in [9.17, 15) is 14.6 Å². The topological polar surface area (TPSA) is 49.7 Å². The third-order valence-corrected chi connectivity index (χ3v) is 4.54. The Balaban J connectivity index is 1.81. The molecule has 2 aromatic carbocycles. The zero-order valence-corrected chi connectivity index (χ0v) is 13.9. The minimum atomic E-state index is -0.527. The highest BCUT2D eigenvalue weighted by molar-refractivity contribution is 5.37. The van der Waals surface area contributed by atoms with E-state index in [1.807, 2.05) is 24.3 Å². The van der Waals surface area contributed by atoms with E-state index in [1.54, 1.807) is 12.1 Å². The van der Waals surface area contributed by atoms with Crippen molar-refractivity contribution in [2.75, 3.05) is 6.61 Å². The summed E-state index contributed by atoms with van der Waals surface area (Å²) in [6.07, 6.45) is 5.40. The number of hydrogen-bond donors (Lipinski definition) is 2. The van der Waals surface area contributed by atoms with Crippen molar-refractivity contribution in [2.45, 2.75) is 37.6 Å². The molecule has 2 N–H and O–H groups in total. The monoisotopic (exact) mass is 340 g/mol. The molecule has 0 saturated carbocycles. The molecular formula is C21H21FO3. The molecule has 0 spiro atoms. The maximum absolute atomic E-state index is 14.2. The van der Waals surface area contributed by atoms with Crippen LogP contribution in [0.3, 0.4) is 0 Å². The van der Waals surface area contributed by atoms with Crippen molar-refractivity contribution in [2.24, 2.45) is 0 Å². The quantitative estimate of drug-likeness (QED) is 0.842. The molecule has 0 amide bonds. The van der Waals surface area contributed by atoms with Gasteiger partial charge < -0.3 is 14.9 Å². The van der Waals surface area contributed by atoms with Gasteiger partial charge in [-0.05, 0) is 41.0 Å². The van der Waals surface area contributed by atoms with Gasteiger partial charge in [-0.3, -0.25) is 0 Å². The van der Waals surface area contributed by atoms with Gasteiger partial charge in [0.25, 0.3) is 0 Å². The predicted molar refractivity (Wildman–Crippen MR) is 93.5 cm³/mol. The summed E-state index contributed by atoms with van der Waals surface area (Å²) in [5.74, 6) is 2.28. The molecule has 1 aliphatic rings. The first-order valence-electron chi connectivity index (χ1n) is 8.37. The van der Waals surface area contributed by atoms with Gasteiger partial charge in [-0.25, -0.2) is 4.39 Å². The van der Waals surface area contributed by atoms with Crippen molar-refractivity contribution in [1.29, 1.82) is 0 Å². The Hall–Kier alpha value is -2.19. The molecule has 4 heteroatoms. The van der Waals surface area contributed by atoms with E-state index < -0.39 is 12.2 Å². The van der Waals surface area contributed by atoms with Gasteiger partial charge in [0.15, 0.2) is 0 Å². The fraction of sp³-hybridized carbons (Fsp3) is 0.333. The molecule has 1 fully saturated rings. The summed E-state index contributed by atoms with van der Waals surface area (Å²) in [6.45, 7) is -0.136. The second-order valence-electron chi connectivity index (χ2n) is 6.42. The highest BCUT2D eigenvalue weighted by Crippen LogP contribution is 2.32. The lowest BCUT2D eigenvalue weighted by Gasteiger charge is -2.32. The van der Waals surface area contributed by atoms with Crippen LogP contribution in [0, 0.1) is 18.2 Å². The summed E-state index contributed by atoms with van der Waals surface area (Å²) in [6, 6.07) is 12.3. The predicted octanol–water partition coefficient (Wildman–Crippen LogP) is 2.97. The standard InChI is InChI=1S/C21H21FO3/c1-2-14-3-5-15(6-4-14)9-17-10-16(7-8-20(17)22)21-12-18(24)11-19(13-23)25-21/h1,3-8,10,18-19,21,23-24H,9,11-13H2/t18?,19-,21+/m0/s1. The Morgan fingerprint density at radius 1 is 1.16 bits per heavy atom. The first-order valence-corrected chi connectivity index (χ1v) is 8.37. The largest absolute Gasteiger partial charge is 0.394 e. The van der Waals surface area contributed by atoms with E-state index in [4.69, 9.17) is 11.2 Å². The molecule has 1 unspecified atom stereocenters. The zero-order chi connectivity index (χ0) is 17.8. The number of rotatable bonds is 4. The molecule has 130 valence electrons. The lowest BCUT2D eigenvalue weighted by atomic mass is 9.93. The molecular weight excluding hydrogens is 319 g/mol. The minimum Gasteiger partial charge on any atom is -0.394 e. The molecule has 2 aromatic rings. The Bertz CT molecular complexity index is 764. The second-order valence-corrected chi connectivity index (χ2v) is 6.42. The summed E-state index contributed by atoms with van der Waals surface area (Å²) in [7, 11) is 0. The van der Waals surface area contributed by atoms with Crippen LogP contribution in [0.1, 0.15) is 41.2 Å². The fourth-order valence-electron chi connectivity index (χ4n) is 3.19. The van der Waals surface area contributed by atoms with Crippen molar-refractivity contribution >= 4 is 0 Å². The van der Waals surface area contributed by atoms with Crippen LogP contribution >= 0.6 is 0 Å². The first kappa shape index (κ1) is 17.6. The van der Waals surface area contributed by atoms with Crippen LogP contribution in [0.2, 0.25) is 0 Å². The Labute approximate surface area is 147 Å². The van der Waals surface area contributed by atoms with Gasteiger partial charge in [-0.2, -0.15) is 0 Å². The van der Waals surface area contributed by atoms with Gasteiger partial charge in [0.05, 0.1) is 24.9 Å². The van der Waals surface area contributed by atoms with Crippen LogP contribution in [-0.2, 0) is 11.2 Å². The van der Waals surface area contributed by atoms with Crippen LogP contribution in [0.25, 0.3) is 0 Å². The summed E-state index contributed by atoms with van der Waals surface area (Å²) >= 11 is 0. The number of hydrogen-bond acceptors (Lipinski definition) is 3. The van der Waals surface area contributed by atoms with Crippen molar-refractivity contribution in [3.05, 3.63) is 70.5 Å². The van der Waals surface area contributed by atoms with Crippen molar-refractivity contribution in [3.8, 4) is 12.3 Å². The van der Waals surface area contributed by atoms with Gasteiger partial charge in [0.2, 0.25) is 0 Å². The molecule has 1 saturated heterocycles. The van der Waals surface area contributed by atoms with Crippen LogP contribution in [-0.4, -0.2) is 29.0 Å². The first-order chi connectivity index (χ1) is 12.1. The summed E-state index contributed by atoms with van der Waals surface area (Å²) in [5, 5.41) is 19.3. The molecule has 1 heterocycles. The maximum atomic E-state index is 14.2. The molecule has 1 aliphatic heterocycles. The highest BCUT2D eigenvalue weighted by atomic mass is 19.1. The lowest BCUT2D eigenvalue weighted by Crippen LogP contribution is -2.33. The van der Waals surface area contributed by atoms with Gasteiger partial charge in [0.1, 0.15) is 5.82 Å². The number of terminal acetylenes is 1. The minimum absolute atomic E-state index is 0.136. The van der Waals surface area contributed by atoms with Gasteiger partial charge in [-0.1, -0.05) is 24.1 Å². The molecule has 3 nitrogen and oxygen atoms in total. The zero-order valence-electron chi connectivity index (χ0n) is 13.9. The van der Waals surface area contributed by atoms with E-state index in [0.717, 1.165) is 16.7 Å².